The van der Waals surface area contributed by atoms with Crippen molar-refractivity contribution in [2.45, 2.75) is 33.2 Å². The van der Waals surface area contributed by atoms with Crippen molar-refractivity contribution >= 4 is 51.3 Å². The maximum absolute atomic E-state index is 10.9. The summed E-state index contributed by atoms with van der Waals surface area (Å²) in [4.78, 5) is 8.88. The van der Waals surface area contributed by atoms with Crippen LogP contribution in [0.3, 0.4) is 0 Å². The second-order valence-electron chi connectivity index (χ2n) is 4.81. The summed E-state index contributed by atoms with van der Waals surface area (Å²) in [6, 6.07) is 0. The van der Waals surface area contributed by atoms with Gasteiger partial charge in [-0.3, -0.25) is 0 Å². The SMILES string of the molecule is CCNC(=NCc1nc(C(C)C)cs1)NCCS(N)(=O)=O.I. The van der Waals surface area contributed by atoms with Crippen LogP contribution in [0.5, 0.6) is 0 Å². The zero-order chi connectivity index (χ0) is 15.9. The Morgan fingerprint density at radius 2 is 2.14 bits per heavy atom. The predicted molar refractivity (Wildman–Crippen MR) is 102 cm³/mol. The Hall–Kier alpha value is -0.460. The molecular weight excluding hydrogens is 437 g/mol. The van der Waals surface area contributed by atoms with Crippen molar-refractivity contribution in [3.63, 3.8) is 0 Å². The highest BCUT2D eigenvalue weighted by molar-refractivity contribution is 14.0. The highest BCUT2D eigenvalue weighted by Crippen LogP contribution is 2.18. The molecule has 1 rings (SSSR count). The number of guanidine groups is 1. The van der Waals surface area contributed by atoms with E-state index < -0.39 is 10.0 Å². The first-order chi connectivity index (χ1) is 9.81. The molecule has 0 fully saturated rings. The van der Waals surface area contributed by atoms with Crippen molar-refractivity contribution in [1.29, 1.82) is 0 Å². The molecular formula is C12H24IN5O2S2. The standard InChI is InChI=1S/C12H23N5O2S2.HI/c1-4-14-12(15-5-6-21(13,18)19)16-7-11-17-10(8-20-11)9(2)3;/h8-9H,4-7H2,1-3H3,(H2,13,18,19)(H2,14,15,16);1H. The van der Waals surface area contributed by atoms with E-state index in [2.05, 4.69) is 34.5 Å². The molecule has 0 aliphatic rings. The number of aliphatic imine (C=N–C) groups is 1. The van der Waals surface area contributed by atoms with E-state index in [0.717, 1.165) is 10.7 Å². The number of nitrogens with one attached hydrogen (secondary N) is 2. The van der Waals surface area contributed by atoms with Gasteiger partial charge in [0.1, 0.15) is 5.01 Å². The van der Waals surface area contributed by atoms with Gasteiger partial charge in [0.2, 0.25) is 10.0 Å². The van der Waals surface area contributed by atoms with E-state index in [1.54, 1.807) is 11.3 Å². The van der Waals surface area contributed by atoms with Crippen LogP contribution in [0, 0.1) is 0 Å². The average molecular weight is 461 g/mol. The maximum Gasteiger partial charge on any atom is 0.210 e. The molecule has 22 heavy (non-hydrogen) atoms. The molecule has 128 valence electrons. The van der Waals surface area contributed by atoms with Gasteiger partial charge in [-0.2, -0.15) is 0 Å². The normalized spacial score (nSPS) is 12.1. The lowest BCUT2D eigenvalue weighted by atomic mass is 10.2. The monoisotopic (exact) mass is 461 g/mol. The Morgan fingerprint density at radius 1 is 1.45 bits per heavy atom. The summed E-state index contributed by atoms with van der Waals surface area (Å²) >= 11 is 1.58. The molecule has 0 spiro atoms. The molecule has 0 unspecified atom stereocenters. The second-order valence-corrected chi connectivity index (χ2v) is 7.49. The predicted octanol–water partition coefficient (Wildman–Crippen LogP) is 1.23. The lowest BCUT2D eigenvalue weighted by Gasteiger charge is -2.10. The highest BCUT2D eigenvalue weighted by Gasteiger charge is 2.06. The summed E-state index contributed by atoms with van der Waals surface area (Å²) in [5.74, 6) is 0.828. The molecule has 0 bridgehead atoms. The number of primary sulfonamides is 1. The van der Waals surface area contributed by atoms with Crippen LogP contribution < -0.4 is 15.8 Å². The third-order valence-corrected chi connectivity index (χ3v) is 4.18. The fourth-order valence-electron chi connectivity index (χ4n) is 1.46. The van der Waals surface area contributed by atoms with Crippen LogP contribution in [-0.2, 0) is 16.6 Å². The number of halogens is 1. The minimum Gasteiger partial charge on any atom is -0.357 e. The van der Waals surface area contributed by atoms with Crippen LogP contribution in [0.4, 0.5) is 0 Å². The van der Waals surface area contributed by atoms with Crippen molar-refractivity contribution in [1.82, 2.24) is 15.6 Å². The van der Waals surface area contributed by atoms with E-state index in [0.29, 0.717) is 25.0 Å². The van der Waals surface area contributed by atoms with Crippen LogP contribution in [0.15, 0.2) is 10.4 Å². The van der Waals surface area contributed by atoms with Gasteiger partial charge in [-0.1, -0.05) is 13.8 Å². The fourth-order valence-corrected chi connectivity index (χ4v) is 2.73. The quantitative estimate of drug-likeness (QED) is 0.322. The first-order valence-corrected chi connectivity index (χ1v) is 9.38. The summed E-state index contributed by atoms with van der Waals surface area (Å²) in [6.07, 6.45) is 0. The number of nitrogens with two attached hydrogens (primary N) is 1. The summed E-state index contributed by atoms with van der Waals surface area (Å²) in [7, 11) is -3.46. The molecule has 1 aromatic rings. The summed E-state index contributed by atoms with van der Waals surface area (Å²) in [6.45, 7) is 7.51. The van der Waals surface area contributed by atoms with Crippen LogP contribution >= 0.6 is 35.3 Å². The Labute approximate surface area is 153 Å². The zero-order valence-corrected chi connectivity index (χ0v) is 17.0. The lowest BCUT2D eigenvalue weighted by Crippen LogP contribution is -2.40. The molecule has 0 aliphatic carbocycles. The van der Waals surface area contributed by atoms with Gasteiger partial charge in [0.05, 0.1) is 18.0 Å². The molecule has 0 saturated heterocycles. The molecule has 7 nitrogen and oxygen atoms in total. The van der Waals surface area contributed by atoms with E-state index in [-0.39, 0.29) is 36.3 Å². The number of rotatable bonds is 7. The van der Waals surface area contributed by atoms with Crippen molar-refractivity contribution in [3.05, 3.63) is 16.1 Å². The Kier molecular flexibility index (Phi) is 10.1. The molecule has 0 aliphatic heterocycles. The topological polar surface area (TPSA) is 109 Å². The first kappa shape index (κ1) is 21.5. The molecule has 0 atom stereocenters. The van der Waals surface area contributed by atoms with Gasteiger partial charge in [0, 0.05) is 18.5 Å². The number of thiazole rings is 1. The molecule has 0 amide bonds. The maximum atomic E-state index is 10.9. The molecule has 0 radical (unpaired) electrons. The number of hydrogen-bond acceptors (Lipinski definition) is 5. The molecule has 4 N–H and O–H groups in total. The van der Waals surface area contributed by atoms with Crippen molar-refractivity contribution < 1.29 is 8.42 Å². The van der Waals surface area contributed by atoms with Gasteiger partial charge >= 0.3 is 0 Å². The van der Waals surface area contributed by atoms with Crippen LogP contribution in [-0.4, -0.2) is 38.2 Å². The van der Waals surface area contributed by atoms with E-state index >= 15 is 0 Å². The van der Waals surface area contributed by atoms with Crippen LogP contribution in [0.2, 0.25) is 0 Å². The first-order valence-electron chi connectivity index (χ1n) is 6.78. The van der Waals surface area contributed by atoms with Gasteiger partial charge in [-0.05, 0) is 12.8 Å². The average Bonchev–Trinajstić information content (AvgIpc) is 2.83. The molecule has 0 aromatic carbocycles. The number of nitrogens with zero attached hydrogens (tertiary/aromatic N) is 2. The van der Waals surface area contributed by atoms with Gasteiger partial charge in [0.25, 0.3) is 0 Å². The van der Waals surface area contributed by atoms with Gasteiger partial charge < -0.3 is 10.6 Å². The third-order valence-electron chi connectivity index (χ3n) is 2.56. The van der Waals surface area contributed by atoms with E-state index in [4.69, 9.17) is 5.14 Å². The van der Waals surface area contributed by atoms with Crippen LogP contribution in [0.25, 0.3) is 0 Å². The van der Waals surface area contributed by atoms with E-state index in [1.807, 2.05) is 12.3 Å². The van der Waals surface area contributed by atoms with Gasteiger partial charge in [-0.15, -0.1) is 35.3 Å². The molecule has 1 heterocycles. The summed E-state index contributed by atoms with van der Waals surface area (Å²) < 4.78 is 21.8. The van der Waals surface area contributed by atoms with Crippen molar-refractivity contribution in [2.24, 2.45) is 10.1 Å². The number of hydrogen-bond donors (Lipinski definition) is 3. The number of aromatic nitrogens is 1. The fraction of sp³-hybridized carbons (Fsp3) is 0.667. The zero-order valence-electron chi connectivity index (χ0n) is 13.0. The van der Waals surface area contributed by atoms with E-state index in [1.165, 1.54) is 0 Å². The number of sulfonamides is 1. The Balaban J connectivity index is 0.00000441. The Bertz CT molecular complexity index is 572. The van der Waals surface area contributed by atoms with Gasteiger partial charge in [-0.25, -0.2) is 23.5 Å². The van der Waals surface area contributed by atoms with Crippen molar-refractivity contribution in [3.8, 4) is 0 Å². The minimum absolute atomic E-state index is 0. The van der Waals surface area contributed by atoms with Gasteiger partial charge in [0.15, 0.2) is 5.96 Å². The Morgan fingerprint density at radius 3 is 2.64 bits per heavy atom. The third kappa shape index (κ3) is 8.86. The molecule has 0 saturated carbocycles. The van der Waals surface area contributed by atoms with Crippen molar-refractivity contribution in [2.75, 3.05) is 18.8 Å². The molecule has 1 aromatic heterocycles. The minimum atomic E-state index is -3.46. The smallest absolute Gasteiger partial charge is 0.210 e. The summed E-state index contributed by atoms with van der Waals surface area (Å²) in [5, 5.41) is 13.9. The van der Waals surface area contributed by atoms with Crippen LogP contribution in [0.1, 0.15) is 37.4 Å². The van der Waals surface area contributed by atoms with E-state index in [9.17, 15) is 8.42 Å². The summed E-state index contributed by atoms with van der Waals surface area (Å²) in [5.41, 5.74) is 1.07. The largest absolute Gasteiger partial charge is 0.357 e. The second kappa shape index (κ2) is 10.3. The molecule has 10 heteroatoms. The lowest BCUT2D eigenvalue weighted by molar-refractivity contribution is 0.596. The highest BCUT2D eigenvalue weighted by atomic mass is 127.